The zero-order chi connectivity index (χ0) is 12.8. The summed E-state index contributed by atoms with van der Waals surface area (Å²) >= 11 is 5.92. The fraction of sp³-hybridized carbons (Fsp3) is 0.462. The quantitative estimate of drug-likeness (QED) is 0.745. The van der Waals surface area contributed by atoms with Crippen molar-refractivity contribution in [2.45, 2.75) is 20.3 Å². The van der Waals surface area contributed by atoms with Crippen LogP contribution in [-0.2, 0) is 10.8 Å². The van der Waals surface area contributed by atoms with E-state index in [1.165, 1.54) is 0 Å². The molecule has 0 aliphatic heterocycles. The molecule has 0 aliphatic rings. The summed E-state index contributed by atoms with van der Waals surface area (Å²) in [6, 6.07) is 6.88. The van der Waals surface area contributed by atoms with Crippen molar-refractivity contribution in [3.05, 3.63) is 34.9 Å². The number of Topliss-reactive ketones (excluding diaryl/α,β-unsaturated/α-hetero) is 1. The summed E-state index contributed by atoms with van der Waals surface area (Å²) in [5.74, 6) is 0.882. The first-order valence-corrected chi connectivity index (χ1v) is 7.53. The van der Waals surface area contributed by atoms with Gasteiger partial charge in [0.15, 0.2) is 5.78 Å². The molecule has 0 N–H and O–H groups in total. The van der Waals surface area contributed by atoms with Gasteiger partial charge in [0.2, 0.25) is 0 Å². The Hall–Kier alpha value is -0.670. The number of rotatable bonds is 6. The summed E-state index contributed by atoms with van der Waals surface area (Å²) in [6.07, 6.45) is 0.978. The Bertz CT molecular complexity index is 418. The number of ketones is 1. The summed E-state index contributed by atoms with van der Waals surface area (Å²) in [6.45, 7) is 4.09. The Labute approximate surface area is 110 Å². The topological polar surface area (TPSA) is 34.1 Å². The van der Waals surface area contributed by atoms with Gasteiger partial charge in [0.1, 0.15) is 0 Å². The Morgan fingerprint density at radius 1 is 1.41 bits per heavy atom. The zero-order valence-electron chi connectivity index (χ0n) is 10.1. The lowest BCUT2D eigenvalue weighted by Gasteiger charge is -2.08. The molecule has 94 valence electrons. The third kappa shape index (κ3) is 4.60. The first kappa shape index (κ1) is 14.4. The second kappa shape index (κ2) is 6.92. The van der Waals surface area contributed by atoms with Crippen molar-refractivity contribution in [2.24, 2.45) is 5.92 Å². The van der Waals surface area contributed by atoms with Gasteiger partial charge in [-0.05, 0) is 18.1 Å². The average molecular weight is 273 g/mol. The molecule has 0 aliphatic carbocycles. The molecule has 2 nitrogen and oxygen atoms in total. The maximum Gasteiger partial charge on any atom is 0.176 e. The highest BCUT2D eigenvalue weighted by Gasteiger charge is 2.14. The number of carbonyl (C=O) groups excluding carboxylic acids is 1. The molecule has 0 heterocycles. The summed E-state index contributed by atoms with van der Waals surface area (Å²) < 4.78 is 11.8. The standard InChI is InChI=1S/C13H17ClO2S/c1-3-10(2)8-17(16)9-13(15)11-6-4-5-7-12(11)14/h4-7,10H,3,8-9H2,1-2H3. The van der Waals surface area contributed by atoms with Crippen molar-refractivity contribution < 1.29 is 9.00 Å². The van der Waals surface area contributed by atoms with Crippen molar-refractivity contribution in [1.82, 2.24) is 0 Å². The molecule has 17 heavy (non-hydrogen) atoms. The van der Waals surface area contributed by atoms with Crippen LogP contribution in [0.15, 0.2) is 24.3 Å². The van der Waals surface area contributed by atoms with Crippen LogP contribution in [0.5, 0.6) is 0 Å². The van der Waals surface area contributed by atoms with Crippen molar-refractivity contribution in [3.8, 4) is 0 Å². The summed E-state index contributed by atoms with van der Waals surface area (Å²) in [5.41, 5.74) is 0.465. The molecule has 2 unspecified atom stereocenters. The minimum Gasteiger partial charge on any atom is -0.293 e. The van der Waals surface area contributed by atoms with Crippen molar-refractivity contribution in [2.75, 3.05) is 11.5 Å². The molecule has 0 bridgehead atoms. The molecule has 1 aromatic carbocycles. The molecule has 0 amide bonds. The lowest BCUT2D eigenvalue weighted by atomic mass is 10.1. The molecule has 0 radical (unpaired) electrons. The molecular formula is C13H17ClO2S. The Balaban J connectivity index is 2.61. The van der Waals surface area contributed by atoms with E-state index in [1.807, 2.05) is 6.92 Å². The highest BCUT2D eigenvalue weighted by Crippen LogP contribution is 2.16. The van der Waals surface area contributed by atoms with Crippen LogP contribution in [0.2, 0.25) is 5.02 Å². The van der Waals surface area contributed by atoms with Crippen LogP contribution in [0.4, 0.5) is 0 Å². The van der Waals surface area contributed by atoms with Crippen LogP contribution in [0.1, 0.15) is 30.6 Å². The molecule has 0 aromatic heterocycles. The van der Waals surface area contributed by atoms with E-state index in [0.717, 1.165) is 6.42 Å². The van der Waals surface area contributed by atoms with Gasteiger partial charge < -0.3 is 0 Å². The largest absolute Gasteiger partial charge is 0.293 e. The van der Waals surface area contributed by atoms with Crippen LogP contribution in [0.25, 0.3) is 0 Å². The third-order valence-corrected chi connectivity index (χ3v) is 4.49. The van der Waals surface area contributed by atoms with Gasteiger partial charge >= 0.3 is 0 Å². The number of hydrogen-bond acceptors (Lipinski definition) is 2. The number of halogens is 1. The van der Waals surface area contributed by atoms with E-state index in [1.54, 1.807) is 24.3 Å². The first-order valence-electron chi connectivity index (χ1n) is 5.67. The van der Waals surface area contributed by atoms with Gasteiger partial charge in [0.05, 0.1) is 10.8 Å². The van der Waals surface area contributed by atoms with E-state index in [2.05, 4.69) is 6.92 Å². The lowest BCUT2D eigenvalue weighted by molar-refractivity contribution is 0.102. The summed E-state index contributed by atoms with van der Waals surface area (Å²) in [5, 5.41) is 0.429. The smallest absolute Gasteiger partial charge is 0.176 e. The molecule has 0 fully saturated rings. The van der Waals surface area contributed by atoms with Gasteiger partial charge in [-0.2, -0.15) is 0 Å². The van der Waals surface area contributed by atoms with Gasteiger partial charge in [0, 0.05) is 22.1 Å². The third-order valence-electron chi connectivity index (χ3n) is 2.63. The van der Waals surface area contributed by atoms with Crippen LogP contribution >= 0.6 is 11.6 Å². The normalized spacial score (nSPS) is 14.3. The summed E-state index contributed by atoms with van der Waals surface area (Å²) in [4.78, 5) is 11.9. The molecule has 0 saturated heterocycles. The van der Waals surface area contributed by atoms with Crippen molar-refractivity contribution in [1.29, 1.82) is 0 Å². The first-order chi connectivity index (χ1) is 8.04. The van der Waals surface area contributed by atoms with Gasteiger partial charge in [-0.25, -0.2) is 0 Å². The van der Waals surface area contributed by atoms with Crippen molar-refractivity contribution in [3.63, 3.8) is 0 Å². The summed E-state index contributed by atoms with van der Waals surface area (Å²) in [7, 11) is -1.10. The highest BCUT2D eigenvalue weighted by molar-refractivity contribution is 7.85. The van der Waals surface area contributed by atoms with Gasteiger partial charge in [0.25, 0.3) is 0 Å². The number of hydrogen-bond donors (Lipinski definition) is 0. The van der Waals surface area contributed by atoms with Crippen molar-refractivity contribution >= 4 is 28.2 Å². The maximum absolute atomic E-state index is 11.9. The van der Waals surface area contributed by atoms with Crippen LogP contribution in [0, 0.1) is 5.92 Å². The fourth-order valence-electron chi connectivity index (χ4n) is 1.41. The predicted octanol–water partition coefficient (Wildman–Crippen LogP) is 3.32. The van der Waals surface area contributed by atoms with E-state index >= 15 is 0 Å². The molecule has 0 spiro atoms. The molecular weight excluding hydrogens is 256 g/mol. The lowest BCUT2D eigenvalue weighted by Crippen LogP contribution is -2.17. The monoisotopic (exact) mass is 272 g/mol. The molecule has 1 aromatic rings. The Morgan fingerprint density at radius 3 is 2.65 bits per heavy atom. The number of carbonyl (C=O) groups is 1. The highest BCUT2D eigenvalue weighted by atomic mass is 35.5. The predicted molar refractivity (Wildman–Crippen MR) is 73.1 cm³/mol. The minimum atomic E-state index is -1.10. The van der Waals surface area contributed by atoms with Crippen LogP contribution in [0.3, 0.4) is 0 Å². The molecule has 2 atom stereocenters. The zero-order valence-corrected chi connectivity index (χ0v) is 11.7. The van der Waals surface area contributed by atoms with E-state index in [-0.39, 0.29) is 11.5 Å². The Morgan fingerprint density at radius 2 is 2.06 bits per heavy atom. The SMILES string of the molecule is CCC(C)CS(=O)CC(=O)c1ccccc1Cl. The van der Waals surface area contributed by atoms with Crippen LogP contribution in [-0.4, -0.2) is 21.5 Å². The van der Waals surface area contributed by atoms with Gasteiger partial charge in [-0.15, -0.1) is 0 Å². The van der Waals surface area contributed by atoms with E-state index < -0.39 is 10.8 Å². The molecule has 1 rings (SSSR count). The maximum atomic E-state index is 11.9. The van der Waals surface area contributed by atoms with E-state index in [4.69, 9.17) is 11.6 Å². The Kier molecular flexibility index (Phi) is 5.86. The second-order valence-electron chi connectivity index (χ2n) is 4.17. The fourth-order valence-corrected chi connectivity index (χ4v) is 3.08. The minimum absolute atomic E-state index is 0.0636. The van der Waals surface area contributed by atoms with Gasteiger partial charge in [-0.1, -0.05) is 44.0 Å². The number of benzene rings is 1. The van der Waals surface area contributed by atoms with E-state index in [9.17, 15) is 9.00 Å². The van der Waals surface area contributed by atoms with E-state index in [0.29, 0.717) is 22.3 Å². The van der Waals surface area contributed by atoms with Gasteiger partial charge in [-0.3, -0.25) is 9.00 Å². The second-order valence-corrected chi connectivity index (χ2v) is 6.08. The molecule has 4 heteroatoms. The van der Waals surface area contributed by atoms with Crippen LogP contribution < -0.4 is 0 Å². The molecule has 0 saturated carbocycles. The average Bonchev–Trinajstić information content (AvgIpc) is 2.29.